The van der Waals surface area contributed by atoms with E-state index in [1.807, 2.05) is 4.90 Å². The van der Waals surface area contributed by atoms with Crippen LogP contribution in [0.2, 0.25) is 0 Å². The average Bonchev–Trinajstić information content (AvgIpc) is 2.84. The SMILES string of the molecule is O=C(N1CCC[C@@H]1[C@H]1CCCC[C@H]1O)C1(O)CCC1. The molecule has 108 valence electrons. The van der Waals surface area contributed by atoms with Crippen molar-refractivity contribution in [3.05, 3.63) is 0 Å². The number of hydrogen-bond donors (Lipinski definition) is 2. The Labute approximate surface area is 114 Å². The van der Waals surface area contributed by atoms with Gasteiger partial charge in [0.25, 0.3) is 5.91 Å². The molecule has 1 saturated heterocycles. The predicted octanol–water partition coefficient (Wildman–Crippen LogP) is 1.44. The zero-order valence-corrected chi connectivity index (χ0v) is 11.6. The molecule has 4 heteroatoms. The zero-order chi connectivity index (χ0) is 13.5. The van der Waals surface area contributed by atoms with E-state index in [4.69, 9.17) is 0 Å². The Morgan fingerprint density at radius 3 is 2.42 bits per heavy atom. The highest BCUT2D eigenvalue weighted by atomic mass is 16.3. The number of likely N-dealkylation sites (tertiary alicyclic amines) is 1. The van der Waals surface area contributed by atoms with Gasteiger partial charge in [-0.1, -0.05) is 12.8 Å². The molecule has 0 bridgehead atoms. The van der Waals surface area contributed by atoms with Crippen LogP contribution in [0.4, 0.5) is 0 Å². The first-order chi connectivity index (χ1) is 9.12. The van der Waals surface area contributed by atoms with Crippen LogP contribution in [-0.2, 0) is 4.79 Å². The third-order valence-electron chi connectivity index (χ3n) is 5.41. The first kappa shape index (κ1) is 13.4. The number of aliphatic hydroxyl groups is 2. The second-order valence-electron chi connectivity index (χ2n) is 6.61. The summed E-state index contributed by atoms with van der Waals surface area (Å²) >= 11 is 0. The van der Waals surface area contributed by atoms with Crippen LogP contribution in [0.3, 0.4) is 0 Å². The van der Waals surface area contributed by atoms with Crippen molar-refractivity contribution in [2.75, 3.05) is 6.54 Å². The number of aliphatic hydroxyl groups excluding tert-OH is 1. The van der Waals surface area contributed by atoms with Crippen LogP contribution in [0.1, 0.15) is 57.8 Å². The lowest BCUT2D eigenvalue weighted by atomic mass is 9.77. The lowest BCUT2D eigenvalue weighted by molar-refractivity contribution is -0.163. The van der Waals surface area contributed by atoms with E-state index in [9.17, 15) is 15.0 Å². The summed E-state index contributed by atoms with van der Waals surface area (Å²) in [6, 6.07) is 0.160. The molecule has 3 atom stereocenters. The van der Waals surface area contributed by atoms with Gasteiger partial charge in [0.1, 0.15) is 5.60 Å². The van der Waals surface area contributed by atoms with Gasteiger partial charge in [-0.2, -0.15) is 0 Å². The number of rotatable bonds is 2. The normalized spacial score (nSPS) is 38.0. The van der Waals surface area contributed by atoms with Gasteiger partial charge >= 0.3 is 0 Å². The van der Waals surface area contributed by atoms with Crippen molar-refractivity contribution in [1.29, 1.82) is 0 Å². The highest BCUT2D eigenvalue weighted by molar-refractivity contribution is 5.86. The minimum atomic E-state index is -1.08. The Hall–Kier alpha value is -0.610. The number of carbonyl (C=O) groups is 1. The maximum Gasteiger partial charge on any atom is 0.254 e. The fourth-order valence-electron chi connectivity index (χ4n) is 4.07. The van der Waals surface area contributed by atoms with Gasteiger partial charge in [0.05, 0.1) is 6.10 Å². The van der Waals surface area contributed by atoms with Crippen molar-refractivity contribution in [3.63, 3.8) is 0 Å². The molecular formula is C15H25NO3. The van der Waals surface area contributed by atoms with Crippen LogP contribution in [-0.4, -0.2) is 45.3 Å². The number of carbonyl (C=O) groups excluding carboxylic acids is 1. The largest absolute Gasteiger partial charge is 0.393 e. The van der Waals surface area contributed by atoms with Crippen molar-refractivity contribution >= 4 is 5.91 Å². The molecular weight excluding hydrogens is 242 g/mol. The topological polar surface area (TPSA) is 60.8 Å². The molecule has 0 radical (unpaired) electrons. The average molecular weight is 267 g/mol. The van der Waals surface area contributed by atoms with Crippen molar-refractivity contribution in [3.8, 4) is 0 Å². The van der Waals surface area contributed by atoms with E-state index >= 15 is 0 Å². The predicted molar refractivity (Wildman–Crippen MR) is 71.5 cm³/mol. The Bertz CT molecular complexity index is 353. The third kappa shape index (κ3) is 2.29. The lowest BCUT2D eigenvalue weighted by Gasteiger charge is -2.43. The second kappa shape index (κ2) is 5.06. The maximum absolute atomic E-state index is 12.5. The molecule has 0 aromatic carbocycles. The van der Waals surface area contributed by atoms with Crippen LogP contribution >= 0.6 is 0 Å². The number of nitrogens with zero attached hydrogens (tertiary/aromatic N) is 1. The zero-order valence-electron chi connectivity index (χ0n) is 11.6. The van der Waals surface area contributed by atoms with Gasteiger partial charge in [0.15, 0.2) is 0 Å². The molecule has 0 aromatic heterocycles. The minimum Gasteiger partial charge on any atom is -0.393 e. The molecule has 2 saturated carbocycles. The van der Waals surface area contributed by atoms with Gasteiger partial charge in [0.2, 0.25) is 0 Å². The van der Waals surface area contributed by atoms with E-state index in [0.717, 1.165) is 51.5 Å². The van der Waals surface area contributed by atoms with E-state index in [2.05, 4.69) is 0 Å². The van der Waals surface area contributed by atoms with Gasteiger partial charge in [-0.25, -0.2) is 0 Å². The highest BCUT2D eigenvalue weighted by Gasteiger charge is 2.48. The third-order valence-corrected chi connectivity index (χ3v) is 5.41. The summed E-state index contributed by atoms with van der Waals surface area (Å²) < 4.78 is 0. The molecule has 3 fully saturated rings. The van der Waals surface area contributed by atoms with Crippen molar-refractivity contribution in [2.45, 2.75) is 75.5 Å². The molecule has 3 aliphatic rings. The molecule has 19 heavy (non-hydrogen) atoms. The Morgan fingerprint density at radius 1 is 1.05 bits per heavy atom. The summed E-state index contributed by atoms with van der Waals surface area (Å²) in [5, 5.41) is 20.5. The van der Waals surface area contributed by atoms with Gasteiger partial charge in [0, 0.05) is 18.5 Å². The molecule has 1 heterocycles. The summed E-state index contributed by atoms with van der Waals surface area (Å²) in [6.45, 7) is 0.759. The van der Waals surface area contributed by atoms with Crippen LogP contribution in [0.25, 0.3) is 0 Å². The maximum atomic E-state index is 12.5. The van der Waals surface area contributed by atoms with Crippen LogP contribution in [0.5, 0.6) is 0 Å². The van der Waals surface area contributed by atoms with E-state index in [0.29, 0.717) is 12.8 Å². The van der Waals surface area contributed by atoms with E-state index in [1.54, 1.807) is 0 Å². The van der Waals surface area contributed by atoms with E-state index < -0.39 is 5.60 Å². The fourth-order valence-corrected chi connectivity index (χ4v) is 4.07. The van der Waals surface area contributed by atoms with Crippen molar-refractivity contribution < 1.29 is 15.0 Å². The van der Waals surface area contributed by atoms with Crippen LogP contribution in [0, 0.1) is 5.92 Å². The van der Waals surface area contributed by atoms with Gasteiger partial charge in [-0.15, -0.1) is 0 Å². The minimum absolute atomic E-state index is 0.0703. The second-order valence-corrected chi connectivity index (χ2v) is 6.61. The molecule has 3 rings (SSSR count). The standard InChI is InChI=1S/C15H25NO3/c17-13-7-2-1-5-11(13)12-6-3-10-16(12)14(18)15(19)8-4-9-15/h11-13,17,19H,1-10H2/t11-,12-,13-/m1/s1. The summed E-state index contributed by atoms with van der Waals surface area (Å²) in [6.07, 6.45) is 8.06. The summed E-state index contributed by atoms with van der Waals surface area (Å²) in [4.78, 5) is 14.4. The number of hydrogen-bond acceptors (Lipinski definition) is 3. The molecule has 0 aromatic rings. The van der Waals surface area contributed by atoms with Crippen molar-refractivity contribution in [1.82, 2.24) is 4.90 Å². The monoisotopic (exact) mass is 267 g/mol. The van der Waals surface area contributed by atoms with Gasteiger partial charge in [-0.3, -0.25) is 4.79 Å². The highest BCUT2D eigenvalue weighted by Crippen LogP contribution is 2.39. The quantitative estimate of drug-likeness (QED) is 0.796. The van der Waals surface area contributed by atoms with E-state index in [-0.39, 0.29) is 24.0 Å². The number of amides is 1. The molecule has 2 N–H and O–H groups in total. The smallest absolute Gasteiger partial charge is 0.254 e. The summed E-state index contributed by atoms with van der Waals surface area (Å²) in [5.74, 6) is 0.155. The fraction of sp³-hybridized carbons (Fsp3) is 0.933. The lowest BCUT2D eigenvalue weighted by Crippen LogP contribution is -2.56. The van der Waals surface area contributed by atoms with E-state index in [1.165, 1.54) is 0 Å². The molecule has 0 unspecified atom stereocenters. The summed E-state index contributed by atoms with van der Waals surface area (Å²) in [5.41, 5.74) is -1.08. The Balaban J connectivity index is 1.72. The van der Waals surface area contributed by atoms with Gasteiger partial charge < -0.3 is 15.1 Å². The van der Waals surface area contributed by atoms with Crippen LogP contribution < -0.4 is 0 Å². The van der Waals surface area contributed by atoms with Gasteiger partial charge in [-0.05, 0) is 44.9 Å². The molecule has 4 nitrogen and oxygen atoms in total. The summed E-state index contributed by atoms with van der Waals surface area (Å²) in [7, 11) is 0. The first-order valence-electron chi connectivity index (χ1n) is 7.83. The van der Waals surface area contributed by atoms with Crippen molar-refractivity contribution in [2.24, 2.45) is 5.92 Å². The van der Waals surface area contributed by atoms with Crippen LogP contribution in [0.15, 0.2) is 0 Å². The first-order valence-corrected chi connectivity index (χ1v) is 7.83. The Kier molecular flexibility index (Phi) is 3.56. The molecule has 0 spiro atoms. The molecule has 1 amide bonds. The molecule has 2 aliphatic carbocycles. The Morgan fingerprint density at radius 2 is 1.79 bits per heavy atom. The molecule has 1 aliphatic heterocycles.